The number of aryl methyl sites for hydroxylation is 1. The van der Waals surface area contributed by atoms with E-state index in [9.17, 15) is 14.7 Å². The molecule has 0 unspecified atom stereocenters. The van der Waals surface area contributed by atoms with Crippen LogP contribution in [0.3, 0.4) is 0 Å². The minimum absolute atomic E-state index is 0.0622. The van der Waals surface area contributed by atoms with Gasteiger partial charge in [-0.2, -0.15) is 0 Å². The summed E-state index contributed by atoms with van der Waals surface area (Å²) in [5, 5.41) is 13.2. The Balaban J connectivity index is 2.10. The minimum atomic E-state index is -1.25. The zero-order valence-corrected chi connectivity index (χ0v) is 9.60. The highest BCUT2D eigenvalue weighted by Crippen LogP contribution is 2.12. The van der Waals surface area contributed by atoms with Gasteiger partial charge in [0.05, 0.1) is 11.5 Å². The average Bonchev–Trinajstić information content (AvgIpc) is 2.76. The molecule has 1 heterocycles. The predicted octanol–water partition coefficient (Wildman–Crippen LogP) is 1.20. The first-order valence-corrected chi connectivity index (χ1v) is 5.24. The van der Waals surface area contributed by atoms with Crippen LogP contribution in [0, 0.1) is 6.92 Å². The van der Waals surface area contributed by atoms with Crippen molar-refractivity contribution < 1.29 is 19.1 Å². The van der Waals surface area contributed by atoms with Crippen molar-refractivity contribution in [3.63, 3.8) is 0 Å². The van der Waals surface area contributed by atoms with E-state index in [2.05, 4.69) is 5.32 Å². The van der Waals surface area contributed by atoms with Crippen molar-refractivity contribution in [3.05, 3.63) is 53.5 Å². The summed E-state index contributed by atoms with van der Waals surface area (Å²) in [6.07, 6.45) is 1.36. The van der Waals surface area contributed by atoms with Crippen LogP contribution in [0.5, 0.6) is 0 Å². The van der Waals surface area contributed by atoms with Crippen molar-refractivity contribution >= 4 is 17.6 Å². The van der Waals surface area contributed by atoms with E-state index in [1.54, 1.807) is 13.0 Å². The Morgan fingerprint density at radius 3 is 2.33 bits per heavy atom. The van der Waals surface area contributed by atoms with Crippen LogP contribution < -0.4 is 10.4 Å². The summed E-state index contributed by atoms with van der Waals surface area (Å²) in [5.74, 6) is -0.918. The molecule has 0 fully saturated rings. The van der Waals surface area contributed by atoms with Gasteiger partial charge in [0.2, 0.25) is 0 Å². The number of anilines is 1. The maximum absolute atomic E-state index is 11.7. The summed E-state index contributed by atoms with van der Waals surface area (Å²) in [6.45, 7) is 1.74. The highest BCUT2D eigenvalue weighted by Gasteiger charge is 2.08. The monoisotopic (exact) mass is 244 g/mol. The zero-order valence-electron chi connectivity index (χ0n) is 9.60. The lowest BCUT2D eigenvalue weighted by atomic mass is 10.2. The van der Waals surface area contributed by atoms with E-state index in [1.807, 2.05) is 0 Å². The van der Waals surface area contributed by atoms with Crippen LogP contribution in [0.4, 0.5) is 5.69 Å². The van der Waals surface area contributed by atoms with Gasteiger partial charge in [0.25, 0.3) is 5.91 Å². The molecule has 0 spiro atoms. The molecule has 1 aromatic heterocycles. The lowest BCUT2D eigenvalue weighted by molar-refractivity contribution is -0.255. The maximum Gasteiger partial charge on any atom is 0.258 e. The Labute approximate surface area is 103 Å². The fraction of sp³-hybridized carbons (Fsp3) is 0.0769. The largest absolute Gasteiger partial charge is 0.545 e. The van der Waals surface area contributed by atoms with E-state index in [4.69, 9.17) is 4.42 Å². The number of carbonyl (C=O) groups is 2. The first kappa shape index (κ1) is 11.9. The van der Waals surface area contributed by atoms with Crippen LogP contribution in [0.2, 0.25) is 0 Å². The number of benzene rings is 1. The molecule has 0 aliphatic carbocycles. The van der Waals surface area contributed by atoms with Gasteiger partial charge < -0.3 is 19.6 Å². The second-order valence-electron chi connectivity index (χ2n) is 3.76. The third kappa shape index (κ3) is 2.57. The van der Waals surface area contributed by atoms with E-state index >= 15 is 0 Å². The van der Waals surface area contributed by atoms with Crippen LogP contribution in [0.25, 0.3) is 0 Å². The van der Waals surface area contributed by atoms with Crippen LogP contribution in [-0.2, 0) is 0 Å². The Bertz CT molecular complexity index is 583. The van der Waals surface area contributed by atoms with Crippen molar-refractivity contribution in [2.24, 2.45) is 0 Å². The lowest BCUT2D eigenvalue weighted by Gasteiger charge is -2.05. The molecule has 1 N–H and O–H groups in total. The van der Waals surface area contributed by atoms with Crippen LogP contribution in [0.15, 0.2) is 41.0 Å². The third-order valence-electron chi connectivity index (χ3n) is 2.37. The standard InChI is InChI=1S/C13H11NO4/c1-8-6-10(7-18-8)12(15)14-11-4-2-9(3-5-11)13(16)17/h2-7H,1H3,(H,14,15)(H,16,17)/p-1. The summed E-state index contributed by atoms with van der Waals surface area (Å²) < 4.78 is 5.03. The van der Waals surface area contributed by atoms with E-state index in [0.717, 1.165) is 0 Å². The molecule has 1 amide bonds. The molecule has 0 aliphatic heterocycles. The number of furan rings is 1. The van der Waals surface area contributed by atoms with E-state index < -0.39 is 5.97 Å². The van der Waals surface area contributed by atoms with Gasteiger partial charge in [-0.25, -0.2) is 0 Å². The molecule has 0 saturated heterocycles. The van der Waals surface area contributed by atoms with Crippen molar-refractivity contribution in [1.82, 2.24) is 0 Å². The molecule has 18 heavy (non-hydrogen) atoms. The SMILES string of the molecule is Cc1cc(C(=O)Nc2ccc(C(=O)[O-])cc2)co1. The first-order valence-electron chi connectivity index (χ1n) is 5.24. The molecule has 1 aromatic carbocycles. The Morgan fingerprint density at radius 1 is 1.17 bits per heavy atom. The Kier molecular flexibility index (Phi) is 3.14. The van der Waals surface area contributed by atoms with E-state index in [-0.39, 0.29) is 11.5 Å². The molecule has 5 nitrogen and oxygen atoms in total. The van der Waals surface area contributed by atoms with Crippen LogP contribution in [0.1, 0.15) is 26.5 Å². The fourth-order valence-corrected chi connectivity index (χ4v) is 1.46. The van der Waals surface area contributed by atoms with Gasteiger partial charge in [-0.3, -0.25) is 4.79 Å². The third-order valence-corrected chi connectivity index (χ3v) is 2.37. The van der Waals surface area contributed by atoms with E-state index in [1.165, 1.54) is 30.5 Å². The number of carboxylic acid groups (broad SMARTS) is 1. The smallest absolute Gasteiger partial charge is 0.258 e. The molecule has 2 aromatic rings. The van der Waals surface area contributed by atoms with Crippen molar-refractivity contribution in [1.29, 1.82) is 0 Å². The predicted molar refractivity (Wildman–Crippen MR) is 62.2 cm³/mol. The summed E-state index contributed by atoms with van der Waals surface area (Å²) >= 11 is 0. The van der Waals surface area contributed by atoms with Gasteiger partial charge in [0.15, 0.2) is 0 Å². The molecular formula is C13H10NO4-. The number of carbonyl (C=O) groups excluding carboxylic acids is 2. The summed E-state index contributed by atoms with van der Waals surface area (Å²) in [6, 6.07) is 7.34. The lowest BCUT2D eigenvalue weighted by Crippen LogP contribution is -2.22. The molecule has 92 valence electrons. The second kappa shape index (κ2) is 4.75. The first-order chi connectivity index (χ1) is 8.56. The van der Waals surface area contributed by atoms with Gasteiger partial charge in [-0.05, 0) is 30.7 Å². The molecular weight excluding hydrogens is 234 g/mol. The zero-order chi connectivity index (χ0) is 13.1. The quantitative estimate of drug-likeness (QED) is 0.879. The van der Waals surface area contributed by atoms with Gasteiger partial charge in [0.1, 0.15) is 12.0 Å². The summed E-state index contributed by atoms with van der Waals surface area (Å²) in [7, 11) is 0. The van der Waals surface area contributed by atoms with Crippen molar-refractivity contribution in [3.8, 4) is 0 Å². The molecule has 2 rings (SSSR count). The van der Waals surface area contributed by atoms with Crippen molar-refractivity contribution in [2.45, 2.75) is 6.92 Å². The number of hydrogen-bond acceptors (Lipinski definition) is 4. The minimum Gasteiger partial charge on any atom is -0.545 e. The Hall–Kier alpha value is -2.56. The normalized spacial score (nSPS) is 10.1. The fourth-order valence-electron chi connectivity index (χ4n) is 1.46. The number of amides is 1. The molecule has 0 atom stereocenters. The number of rotatable bonds is 3. The van der Waals surface area contributed by atoms with Gasteiger partial charge >= 0.3 is 0 Å². The van der Waals surface area contributed by atoms with Gasteiger partial charge in [0, 0.05) is 5.69 Å². The number of carboxylic acids is 1. The topological polar surface area (TPSA) is 82.4 Å². The number of aromatic carboxylic acids is 1. The molecule has 0 aliphatic rings. The molecule has 5 heteroatoms. The Morgan fingerprint density at radius 2 is 1.83 bits per heavy atom. The number of nitrogens with one attached hydrogen (secondary N) is 1. The van der Waals surface area contributed by atoms with Crippen LogP contribution in [-0.4, -0.2) is 11.9 Å². The van der Waals surface area contributed by atoms with Gasteiger partial charge in [-0.1, -0.05) is 12.1 Å². The van der Waals surface area contributed by atoms with Gasteiger partial charge in [-0.15, -0.1) is 0 Å². The van der Waals surface area contributed by atoms with E-state index in [0.29, 0.717) is 17.0 Å². The molecule has 0 bridgehead atoms. The average molecular weight is 244 g/mol. The highest BCUT2D eigenvalue weighted by atomic mass is 16.4. The summed E-state index contributed by atoms with van der Waals surface area (Å²) in [5.41, 5.74) is 0.979. The second-order valence-corrected chi connectivity index (χ2v) is 3.76. The molecule has 0 saturated carbocycles. The van der Waals surface area contributed by atoms with Crippen molar-refractivity contribution in [2.75, 3.05) is 5.32 Å². The summed E-state index contributed by atoms with van der Waals surface area (Å²) in [4.78, 5) is 22.3. The maximum atomic E-state index is 11.7. The number of hydrogen-bond donors (Lipinski definition) is 1. The molecule has 0 radical (unpaired) electrons. The highest BCUT2D eigenvalue weighted by molar-refractivity contribution is 6.04. The van der Waals surface area contributed by atoms with Crippen LogP contribution >= 0.6 is 0 Å².